The monoisotopic (exact) mass is 269 g/mol. The lowest BCUT2D eigenvalue weighted by Crippen LogP contribution is -2.41. The molecule has 0 N–H and O–H groups in total. The number of carbonyl (C=O) groups excluding carboxylic acids is 1. The van der Waals surface area contributed by atoms with Gasteiger partial charge in [-0.2, -0.15) is 0 Å². The summed E-state index contributed by atoms with van der Waals surface area (Å²) in [5.74, 6) is 1.24. The van der Waals surface area contributed by atoms with Gasteiger partial charge in [-0.15, -0.1) is 11.6 Å². The molecule has 0 radical (unpaired) electrons. The summed E-state index contributed by atoms with van der Waals surface area (Å²) in [4.78, 5) is 14.3. The molecule has 0 aliphatic heterocycles. The van der Waals surface area contributed by atoms with E-state index in [9.17, 15) is 4.79 Å². The first-order chi connectivity index (χ1) is 8.72. The number of carbonyl (C=O) groups is 1. The van der Waals surface area contributed by atoms with Gasteiger partial charge in [-0.25, -0.2) is 0 Å². The molecule has 100 valence electrons. The van der Waals surface area contributed by atoms with Crippen molar-refractivity contribution in [2.75, 3.05) is 5.88 Å². The lowest BCUT2D eigenvalue weighted by Gasteiger charge is -2.30. The molecule has 1 heterocycles. The van der Waals surface area contributed by atoms with E-state index in [1.807, 2.05) is 24.0 Å². The summed E-state index contributed by atoms with van der Waals surface area (Å²) in [7, 11) is 0. The fourth-order valence-electron chi connectivity index (χ4n) is 2.52. The standard InChI is InChI=1S/C14H20ClNO2/c1-11(9-15)14(17)16(12-5-2-3-6-12)10-13-7-4-8-18-13/h4,7-8,11-12H,2-3,5-6,9-10H2,1H3. The van der Waals surface area contributed by atoms with Crippen LogP contribution in [-0.4, -0.2) is 22.7 Å². The van der Waals surface area contributed by atoms with Crippen molar-refractivity contribution >= 4 is 17.5 Å². The summed E-state index contributed by atoms with van der Waals surface area (Å²) in [5.41, 5.74) is 0. The molecular formula is C14H20ClNO2. The maximum atomic E-state index is 12.4. The highest BCUT2D eigenvalue weighted by Gasteiger charge is 2.29. The number of amides is 1. The highest BCUT2D eigenvalue weighted by atomic mass is 35.5. The van der Waals surface area contributed by atoms with E-state index < -0.39 is 0 Å². The van der Waals surface area contributed by atoms with E-state index >= 15 is 0 Å². The van der Waals surface area contributed by atoms with E-state index in [1.54, 1.807) is 6.26 Å². The van der Waals surface area contributed by atoms with Crippen LogP contribution < -0.4 is 0 Å². The van der Waals surface area contributed by atoms with E-state index in [1.165, 1.54) is 12.8 Å². The summed E-state index contributed by atoms with van der Waals surface area (Å²) >= 11 is 5.81. The van der Waals surface area contributed by atoms with Gasteiger partial charge < -0.3 is 9.32 Å². The SMILES string of the molecule is CC(CCl)C(=O)N(Cc1ccco1)C1CCCC1. The molecule has 1 atom stereocenters. The molecular weight excluding hydrogens is 250 g/mol. The number of rotatable bonds is 5. The summed E-state index contributed by atoms with van der Waals surface area (Å²) < 4.78 is 5.36. The molecule has 1 aromatic heterocycles. The fourth-order valence-corrected chi connectivity index (χ4v) is 2.65. The quantitative estimate of drug-likeness (QED) is 0.768. The third-order valence-corrected chi connectivity index (χ3v) is 4.07. The van der Waals surface area contributed by atoms with Crippen LogP contribution in [0.1, 0.15) is 38.4 Å². The number of halogens is 1. The number of nitrogens with zero attached hydrogens (tertiary/aromatic N) is 1. The smallest absolute Gasteiger partial charge is 0.227 e. The van der Waals surface area contributed by atoms with Gasteiger partial charge in [0, 0.05) is 17.8 Å². The topological polar surface area (TPSA) is 33.5 Å². The zero-order valence-electron chi connectivity index (χ0n) is 10.8. The van der Waals surface area contributed by atoms with Crippen LogP contribution in [0.15, 0.2) is 22.8 Å². The summed E-state index contributed by atoms with van der Waals surface area (Å²) in [6.45, 7) is 2.46. The van der Waals surface area contributed by atoms with Crippen molar-refractivity contribution in [3.63, 3.8) is 0 Å². The molecule has 1 saturated carbocycles. The third kappa shape index (κ3) is 3.08. The molecule has 18 heavy (non-hydrogen) atoms. The first kappa shape index (κ1) is 13.5. The van der Waals surface area contributed by atoms with Crippen LogP contribution in [0.5, 0.6) is 0 Å². The summed E-state index contributed by atoms with van der Waals surface area (Å²) in [6.07, 6.45) is 6.27. The van der Waals surface area contributed by atoms with Crippen LogP contribution in [0, 0.1) is 5.92 Å². The number of furan rings is 1. The molecule has 0 spiro atoms. The maximum Gasteiger partial charge on any atom is 0.227 e. The first-order valence-corrected chi connectivity index (χ1v) is 7.14. The Kier molecular flexibility index (Phi) is 4.70. The molecule has 3 nitrogen and oxygen atoms in total. The summed E-state index contributed by atoms with van der Waals surface area (Å²) in [6, 6.07) is 4.13. The predicted molar refractivity (Wildman–Crippen MR) is 71.4 cm³/mol. The molecule has 1 aliphatic rings. The zero-order chi connectivity index (χ0) is 13.0. The largest absolute Gasteiger partial charge is 0.467 e. The van der Waals surface area contributed by atoms with Crippen LogP contribution in [0.25, 0.3) is 0 Å². The van der Waals surface area contributed by atoms with Crippen LogP contribution in [0.4, 0.5) is 0 Å². The third-order valence-electron chi connectivity index (χ3n) is 3.61. The van der Waals surface area contributed by atoms with E-state index in [0.717, 1.165) is 18.6 Å². The van der Waals surface area contributed by atoms with Crippen molar-refractivity contribution < 1.29 is 9.21 Å². The number of alkyl halides is 1. The maximum absolute atomic E-state index is 12.4. The zero-order valence-corrected chi connectivity index (χ0v) is 11.5. The van der Waals surface area contributed by atoms with Gasteiger partial charge in [0.25, 0.3) is 0 Å². The molecule has 1 aliphatic carbocycles. The molecule has 4 heteroatoms. The Morgan fingerprint density at radius 1 is 1.56 bits per heavy atom. The number of hydrogen-bond acceptors (Lipinski definition) is 2. The average Bonchev–Trinajstić information content (AvgIpc) is 3.06. The lowest BCUT2D eigenvalue weighted by atomic mass is 10.1. The van der Waals surface area contributed by atoms with Gasteiger partial charge in [0.1, 0.15) is 5.76 Å². The van der Waals surface area contributed by atoms with E-state index in [2.05, 4.69) is 0 Å². The van der Waals surface area contributed by atoms with Gasteiger partial charge in [0.15, 0.2) is 0 Å². The van der Waals surface area contributed by atoms with Crippen molar-refractivity contribution in [3.05, 3.63) is 24.2 Å². The lowest BCUT2D eigenvalue weighted by molar-refractivity contribution is -0.137. The Hall–Kier alpha value is -0.960. The van der Waals surface area contributed by atoms with Gasteiger partial charge in [-0.05, 0) is 25.0 Å². The van der Waals surface area contributed by atoms with Gasteiger partial charge in [0.2, 0.25) is 5.91 Å². The minimum absolute atomic E-state index is 0.123. The molecule has 1 aromatic rings. The van der Waals surface area contributed by atoms with Crippen molar-refractivity contribution in [1.29, 1.82) is 0 Å². The minimum Gasteiger partial charge on any atom is -0.467 e. The Labute approximate surface area is 113 Å². The van der Waals surface area contributed by atoms with E-state index in [4.69, 9.17) is 16.0 Å². The van der Waals surface area contributed by atoms with Gasteiger partial charge in [0.05, 0.1) is 12.8 Å². The summed E-state index contributed by atoms with van der Waals surface area (Å²) in [5, 5.41) is 0. The predicted octanol–water partition coefficient (Wildman–Crippen LogP) is 3.43. The normalized spacial score (nSPS) is 17.9. The van der Waals surface area contributed by atoms with E-state index in [0.29, 0.717) is 18.5 Å². The molecule has 0 aromatic carbocycles. The molecule has 1 unspecified atom stereocenters. The minimum atomic E-state index is -0.123. The molecule has 1 fully saturated rings. The Morgan fingerprint density at radius 2 is 2.28 bits per heavy atom. The van der Waals surface area contributed by atoms with E-state index in [-0.39, 0.29) is 11.8 Å². The second-order valence-corrected chi connectivity index (χ2v) is 5.35. The Balaban J connectivity index is 2.09. The Bertz CT molecular complexity index is 371. The molecule has 2 rings (SSSR count). The van der Waals surface area contributed by atoms with Gasteiger partial charge in [-0.1, -0.05) is 19.8 Å². The highest BCUT2D eigenvalue weighted by molar-refractivity contribution is 6.19. The van der Waals surface area contributed by atoms with Crippen LogP contribution in [0.3, 0.4) is 0 Å². The van der Waals surface area contributed by atoms with Crippen LogP contribution >= 0.6 is 11.6 Å². The second-order valence-electron chi connectivity index (χ2n) is 5.04. The average molecular weight is 270 g/mol. The van der Waals surface area contributed by atoms with Gasteiger partial charge >= 0.3 is 0 Å². The van der Waals surface area contributed by atoms with Crippen molar-refractivity contribution in [1.82, 2.24) is 4.90 Å². The van der Waals surface area contributed by atoms with Crippen molar-refractivity contribution in [2.24, 2.45) is 5.92 Å². The number of hydrogen-bond donors (Lipinski definition) is 0. The molecule has 0 saturated heterocycles. The fraction of sp³-hybridized carbons (Fsp3) is 0.643. The highest BCUT2D eigenvalue weighted by Crippen LogP contribution is 2.26. The van der Waals surface area contributed by atoms with Crippen LogP contribution in [-0.2, 0) is 11.3 Å². The van der Waals surface area contributed by atoms with Crippen LogP contribution in [0.2, 0.25) is 0 Å². The molecule has 0 bridgehead atoms. The Morgan fingerprint density at radius 3 is 2.83 bits per heavy atom. The second kappa shape index (κ2) is 6.28. The first-order valence-electron chi connectivity index (χ1n) is 6.61. The van der Waals surface area contributed by atoms with Gasteiger partial charge in [-0.3, -0.25) is 4.79 Å². The van der Waals surface area contributed by atoms with Crippen molar-refractivity contribution in [2.45, 2.75) is 45.2 Å². The molecule has 1 amide bonds. The van der Waals surface area contributed by atoms with Crippen molar-refractivity contribution in [3.8, 4) is 0 Å².